The van der Waals surface area contributed by atoms with Gasteiger partial charge in [-0.1, -0.05) is 185 Å². The van der Waals surface area contributed by atoms with E-state index in [2.05, 4.69) is 43.5 Å². The standard InChI is InChI=1S/C42H81N2O6P/c1-3-5-7-9-11-13-15-17-18-19-20-21-22-23-24-26-28-30-32-34-36-42(46)44-40(39-50-51(47,48)49-38-37-43)41(45)35-33-31-29-27-25-16-14-12-10-8-6-4-2/h10,12,25,27,33,35,40-41,45H,3-9,11,13-24,26,28-32,34,36-39,43H2,1-2H3,(H,44,46)(H,47,48)/b12-10+,27-25+,35-33+. The molecule has 0 spiro atoms. The fourth-order valence-corrected chi connectivity index (χ4v) is 6.73. The van der Waals surface area contributed by atoms with E-state index in [1.165, 1.54) is 122 Å². The van der Waals surface area contributed by atoms with Gasteiger partial charge >= 0.3 is 7.82 Å². The number of rotatable bonds is 39. The van der Waals surface area contributed by atoms with E-state index < -0.39 is 20.0 Å². The first-order chi connectivity index (χ1) is 24.9. The number of carbonyl (C=O) groups excluding carboxylic acids is 1. The lowest BCUT2D eigenvalue weighted by molar-refractivity contribution is -0.123. The van der Waals surface area contributed by atoms with E-state index in [0.717, 1.165) is 51.4 Å². The molecule has 0 radical (unpaired) electrons. The van der Waals surface area contributed by atoms with Crippen molar-refractivity contribution in [1.29, 1.82) is 0 Å². The summed E-state index contributed by atoms with van der Waals surface area (Å²) in [6.07, 6.45) is 44.9. The maximum atomic E-state index is 12.7. The molecule has 0 heterocycles. The number of hydrogen-bond acceptors (Lipinski definition) is 6. The van der Waals surface area contributed by atoms with Crippen molar-refractivity contribution >= 4 is 13.7 Å². The number of hydrogen-bond donors (Lipinski definition) is 4. The first kappa shape index (κ1) is 49.7. The van der Waals surface area contributed by atoms with Crippen molar-refractivity contribution in [2.45, 2.75) is 206 Å². The Morgan fingerprint density at radius 2 is 1.04 bits per heavy atom. The predicted molar refractivity (Wildman–Crippen MR) is 217 cm³/mol. The van der Waals surface area contributed by atoms with Gasteiger partial charge in [-0.15, -0.1) is 0 Å². The number of amides is 1. The Hall–Kier alpha value is -1.28. The van der Waals surface area contributed by atoms with Crippen molar-refractivity contribution in [3.05, 3.63) is 36.5 Å². The molecular formula is C42H81N2O6P. The minimum atomic E-state index is -4.34. The van der Waals surface area contributed by atoms with Gasteiger partial charge in [-0.25, -0.2) is 4.57 Å². The molecule has 8 nitrogen and oxygen atoms in total. The molecule has 3 unspecified atom stereocenters. The van der Waals surface area contributed by atoms with Gasteiger partial charge in [0, 0.05) is 13.0 Å². The molecule has 1 amide bonds. The molecule has 0 saturated carbocycles. The van der Waals surface area contributed by atoms with E-state index in [1.54, 1.807) is 6.08 Å². The second-order valence-corrected chi connectivity index (χ2v) is 15.6. The zero-order valence-electron chi connectivity index (χ0n) is 33.1. The smallest absolute Gasteiger partial charge is 0.387 e. The van der Waals surface area contributed by atoms with E-state index in [1.807, 2.05) is 6.08 Å². The highest BCUT2D eigenvalue weighted by Gasteiger charge is 2.26. The molecule has 0 aromatic heterocycles. The van der Waals surface area contributed by atoms with Crippen LogP contribution in [0.5, 0.6) is 0 Å². The molecule has 51 heavy (non-hydrogen) atoms. The number of phosphoric ester groups is 1. The van der Waals surface area contributed by atoms with Gasteiger partial charge < -0.3 is 21.1 Å². The van der Waals surface area contributed by atoms with Crippen LogP contribution in [0.25, 0.3) is 0 Å². The molecule has 0 fully saturated rings. The Morgan fingerprint density at radius 3 is 1.49 bits per heavy atom. The zero-order chi connectivity index (χ0) is 37.5. The van der Waals surface area contributed by atoms with Crippen molar-refractivity contribution < 1.29 is 28.4 Å². The summed E-state index contributed by atoms with van der Waals surface area (Å²) in [5, 5.41) is 13.6. The van der Waals surface area contributed by atoms with E-state index in [4.69, 9.17) is 14.8 Å². The topological polar surface area (TPSA) is 131 Å². The van der Waals surface area contributed by atoms with Crippen molar-refractivity contribution in [3.8, 4) is 0 Å². The molecule has 5 N–H and O–H groups in total. The summed E-state index contributed by atoms with van der Waals surface area (Å²) >= 11 is 0. The molecule has 0 aliphatic rings. The summed E-state index contributed by atoms with van der Waals surface area (Å²) in [5.74, 6) is -0.208. The largest absolute Gasteiger partial charge is 0.472 e. The Labute approximate surface area is 314 Å². The van der Waals surface area contributed by atoms with Crippen LogP contribution in [0.2, 0.25) is 0 Å². The van der Waals surface area contributed by atoms with Crippen LogP contribution in [0.1, 0.15) is 194 Å². The van der Waals surface area contributed by atoms with Gasteiger partial charge in [0.2, 0.25) is 5.91 Å². The maximum absolute atomic E-state index is 12.7. The van der Waals surface area contributed by atoms with Gasteiger partial charge in [-0.05, 0) is 38.5 Å². The van der Waals surface area contributed by atoms with Gasteiger partial charge in [-0.3, -0.25) is 13.8 Å². The van der Waals surface area contributed by atoms with Crippen LogP contribution in [0.15, 0.2) is 36.5 Å². The lowest BCUT2D eigenvalue weighted by Crippen LogP contribution is -2.45. The van der Waals surface area contributed by atoms with Gasteiger partial charge in [0.25, 0.3) is 0 Å². The quantitative estimate of drug-likeness (QED) is 0.0280. The van der Waals surface area contributed by atoms with Crippen LogP contribution in [0.4, 0.5) is 0 Å². The number of carbonyl (C=O) groups is 1. The van der Waals surface area contributed by atoms with Crippen LogP contribution in [0.3, 0.4) is 0 Å². The van der Waals surface area contributed by atoms with Gasteiger partial charge in [0.15, 0.2) is 0 Å². The molecule has 0 aromatic carbocycles. The van der Waals surface area contributed by atoms with Gasteiger partial charge in [0.1, 0.15) is 0 Å². The number of phosphoric acid groups is 1. The highest BCUT2D eigenvalue weighted by Crippen LogP contribution is 2.43. The molecular weight excluding hydrogens is 659 g/mol. The summed E-state index contributed by atoms with van der Waals surface area (Å²) in [6.45, 7) is 4.06. The van der Waals surface area contributed by atoms with Crippen LogP contribution in [-0.4, -0.2) is 47.8 Å². The minimum absolute atomic E-state index is 0.0724. The van der Waals surface area contributed by atoms with Gasteiger partial charge in [-0.2, -0.15) is 0 Å². The Balaban J connectivity index is 4.18. The summed E-state index contributed by atoms with van der Waals surface area (Å²) in [5.41, 5.74) is 5.36. The summed E-state index contributed by atoms with van der Waals surface area (Å²) < 4.78 is 22.0. The summed E-state index contributed by atoms with van der Waals surface area (Å²) in [4.78, 5) is 22.6. The zero-order valence-corrected chi connectivity index (χ0v) is 34.0. The first-order valence-corrected chi connectivity index (χ1v) is 22.6. The third-order valence-electron chi connectivity index (χ3n) is 9.20. The van der Waals surface area contributed by atoms with Crippen molar-refractivity contribution in [1.82, 2.24) is 5.32 Å². The molecule has 9 heteroatoms. The van der Waals surface area contributed by atoms with E-state index in [-0.39, 0.29) is 25.7 Å². The molecule has 0 aliphatic heterocycles. The SMILES string of the molecule is CCCC/C=C/CC/C=C/CC/C=C/C(O)C(COP(=O)(O)OCCN)NC(=O)CCCCCCCCCCCCCCCCCCCCCC. The van der Waals surface area contributed by atoms with Crippen LogP contribution >= 0.6 is 7.82 Å². The third kappa shape index (κ3) is 36.9. The second-order valence-electron chi connectivity index (χ2n) is 14.2. The van der Waals surface area contributed by atoms with Crippen LogP contribution < -0.4 is 11.1 Å². The Morgan fingerprint density at radius 1 is 0.627 bits per heavy atom. The Kier molecular flexibility index (Phi) is 37.5. The summed E-state index contributed by atoms with van der Waals surface area (Å²) in [6, 6.07) is -0.879. The molecule has 0 aromatic rings. The van der Waals surface area contributed by atoms with Crippen LogP contribution in [0, 0.1) is 0 Å². The number of nitrogens with one attached hydrogen (secondary N) is 1. The average Bonchev–Trinajstić information content (AvgIpc) is 3.12. The predicted octanol–water partition coefficient (Wildman–Crippen LogP) is 11.6. The van der Waals surface area contributed by atoms with E-state index >= 15 is 0 Å². The fraction of sp³-hybridized carbons (Fsp3) is 0.833. The maximum Gasteiger partial charge on any atom is 0.472 e. The monoisotopic (exact) mass is 741 g/mol. The van der Waals surface area contributed by atoms with Crippen molar-refractivity contribution in [3.63, 3.8) is 0 Å². The molecule has 3 atom stereocenters. The van der Waals surface area contributed by atoms with Crippen molar-refractivity contribution in [2.75, 3.05) is 19.8 Å². The number of nitrogens with two attached hydrogens (primary N) is 1. The molecule has 0 rings (SSSR count). The molecule has 0 saturated heterocycles. The highest BCUT2D eigenvalue weighted by molar-refractivity contribution is 7.47. The number of aliphatic hydroxyl groups excluding tert-OH is 1. The second kappa shape index (κ2) is 38.4. The Bertz CT molecular complexity index is 897. The molecule has 0 aliphatic carbocycles. The summed E-state index contributed by atoms with van der Waals surface area (Å²) in [7, 11) is -4.34. The fourth-order valence-electron chi connectivity index (χ4n) is 5.97. The highest BCUT2D eigenvalue weighted by atomic mass is 31.2. The minimum Gasteiger partial charge on any atom is -0.387 e. The normalized spacial score (nSPS) is 14.5. The van der Waals surface area contributed by atoms with E-state index in [9.17, 15) is 19.4 Å². The number of aliphatic hydroxyl groups is 1. The number of unbranched alkanes of at least 4 members (excludes halogenated alkanes) is 23. The van der Waals surface area contributed by atoms with Crippen molar-refractivity contribution in [2.24, 2.45) is 5.73 Å². The average molecular weight is 741 g/mol. The number of allylic oxidation sites excluding steroid dienone is 5. The molecule has 0 bridgehead atoms. The van der Waals surface area contributed by atoms with Crippen LogP contribution in [-0.2, 0) is 18.4 Å². The first-order valence-electron chi connectivity index (χ1n) is 21.1. The van der Waals surface area contributed by atoms with E-state index in [0.29, 0.717) is 6.42 Å². The lowest BCUT2D eigenvalue weighted by atomic mass is 10.0. The molecule has 300 valence electrons. The third-order valence-corrected chi connectivity index (χ3v) is 10.2. The lowest BCUT2D eigenvalue weighted by Gasteiger charge is -2.23. The van der Waals surface area contributed by atoms with Gasteiger partial charge in [0.05, 0.1) is 25.4 Å².